The molecule has 1 aliphatic rings. The Morgan fingerprint density at radius 2 is 2.06 bits per heavy atom. The largest absolute Gasteiger partial charge is 0.445 e. The molecule has 0 radical (unpaired) electrons. The first-order chi connectivity index (χ1) is 17.2. The van der Waals surface area contributed by atoms with Crippen molar-refractivity contribution in [2.24, 2.45) is 0 Å². The van der Waals surface area contributed by atoms with Crippen LogP contribution in [0.25, 0.3) is 16.1 Å². The van der Waals surface area contributed by atoms with E-state index in [2.05, 4.69) is 5.32 Å². The van der Waals surface area contributed by atoms with Crippen LogP contribution in [0, 0.1) is 13.8 Å². The Morgan fingerprint density at radius 3 is 2.78 bits per heavy atom. The van der Waals surface area contributed by atoms with Gasteiger partial charge < -0.3 is 14.6 Å². The highest BCUT2D eigenvalue weighted by Crippen LogP contribution is 2.34. The number of anilines is 1. The fourth-order valence-electron chi connectivity index (χ4n) is 4.17. The lowest BCUT2D eigenvalue weighted by Crippen LogP contribution is -2.34. The second-order valence-electron chi connectivity index (χ2n) is 8.59. The van der Waals surface area contributed by atoms with Gasteiger partial charge in [0.1, 0.15) is 10.6 Å². The highest BCUT2D eigenvalue weighted by atomic mass is 35.5. The van der Waals surface area contributed by atoms with E-state index >= 15 is 0 Å². The minimum atomic E-state index is -0.246. The molecular weight excluding hydrogens is 520 g/mol. The third-order valence-corrected chi connectivity index (χ3v) is 8.33. The zero-order valence-electron chi connectivity index (χ0n) is 19.9. The maximum absolute atomic E-state index is 13.8. The molecule has 0 bridgehead atoms. The number of nitrogens with one attached hydrogen (secondary N) is 1. The summed E-state index contributed by atoms with van der Waals surface area (Å²) in [5, 5.41) is 4.32. The van der Waals surface area contributed by atoms with Crippen LogP contribution in [0.2, 0.25) is 5.02 Å². The Morgan fingerprint density at radius 1 is 1.25 bits per heavy atom. The molecule has 1 N–H and O–H groups in total. The molecule has 0 fully saturated rings. The van der Waals surface area contributed by atoms with Gasteiger partial charge in [0, 0.05) is 35.1 Å². The second-order valence-corrected chi connectivity index (χ2v) is 11.1. The molecule has 0 saturated carbocycles. The molecule has 0 spiro atoms. The molecule has 5 rings (SSSR count). The molecule has 8 nitrogen and oxygen atoms in total. The van der Waals surface area contributed by atoms with Gasteiger partial charge in [-0.1, -0.05) is 29.4 Å². The van der Waals surface area contributed by atoms with Crippen LogP contribution in [0.1, 0.15) is 28.7 Å². The number of aryl methyl sites for hydroxylation is 2. The van der Waals surface area contributed by atoms with Crippen molar-refractivity contribution < 1.29 is 14.0 Å². The molecule has 0 saturated heterocycles. The van der Waals surface area contributed by atoms with E-state index in [0.29, 0.717) is 57.2 Å². The molecule has 11 heteroatoms. The minimum absolute atomic E-state index is 0.00624. The molecular formula is C25H23ClN4O4S2. The quantitative estimate of drug-likeness (QED) is 0.283. The van der Waals surface area contributed by atoms with Crippen molar-refractivity contribution in [2.75, 3.05) is 17.6 Å². The standard InChI is InChI=1S/C25H23ClN4O4S2/c1-13-4-6-16(26)10-18(13)27-20(32)12-35-25-28-23-22(24(33)30(25)21-7-5-14(2)34-21)17-8-9-29(15(3)31)11-19(17)36-23/h4-7,10H,8-9,11-12H2,1-3H3,(H,27,32). The Bertz CT molecular complexity index is 1570. The van der Waals surface area contributed by atoms with Crippen molar-refractivity contribution in [3.8, 4) is 5.88 Å². The maximum Gasteiger partial charge on any atom is 0.270 e. The van der Waals surface area contributed by atoms with Crippen LogP contribution < -0.4 is 10.9 Å². The fourth-order valence-corrected chi connectivity index (χ4v) is 6.42. The van der Waals surface area contributed by atoms with Gasteiger partial charge in [0.05, 0.1) is 17.7 Å². The van der Waals surface area contributed by atoms with E-state index in [4.69, 9.17) is 21.0 Å². The number of thioether (sulfide) groups is 1. The number of carbonyl (C=O) groups excluding carboxylic acids is 2. The van der Waals surface area contributed by atoms with Crippen LogP contribution in [0.15, 0.2) is 44.7 Å². The number of hydrogen-bond acceptors (Lipinski definition) is 7. The molecule has 1 aromatic carbocycles. The third kappa shape index (κ3) is 4.68. The molecule has 36 heavy (non-hydrogen) atoms. The Labute approximate surface area is 220 Å². The summed E-state index contributed by atoms with van der Waals surface area (Å²) in [7, 11) is 0. The number of rotatable bonds is 5. The third-order valence-electron chi connectivity index (χ3n) is 6.04. The van der Waals surface area contributed by atoms with E-state index in [-0.39, 0.29) is 23.1 Å². The van der Waals surface area contributed by atoms with E-state index in [1.54, 1.807) is 43.0 Å². The number of thiophene rings is 1. The Balaban J connectivity index is 1.51. The van der Waals surface area contributed by atoms with E-state index in [1.165, 1.54) is 15.9 Å². The summed E-state index contributed by atoms with van der Waals surface area (Å²) in [6.45, 7) is 6.27. The number of aromatic nitrogens is 2. The van der Waals surface area contributed by atoms with Crippen LogP contribution in [0.4, 0.5) is 5.69 Å². The number of benzene rings is 1. The van der Waals surface area contributed by atoms with Crippen molar-refractivity contribution >= 4 is 62.4 Å². The smallest absolute Gasteiger partial charge is 0.270 e. The summed E-state index contributed by atoms with van der Waals surface area (Å²) < 4.78 is 7.22. The van der Waals surface area contributed by atoms with E-state index in [1.807, 2.05) is 13.0 Å². The molecule has 4 heterocycles. The predicted molar refractivity (Wildman–Crippen MR) is 143 cm³/mol. The highest BCUT2D eigenvalue weighted by Gasteiger charge is 2.27. The molecule has 1 aliphatic heterocycles. The van der Waals surface area contributed by atoms with Gasteiger partial charge >= 0.3 is 0 Å². The van der Waals surface area contributed by atoms with Gasteiger partial charge in [-0.3, -0.25) is 14.4 Å². The van der Waals surface area contributed by atoms with Crippen molar-refractivity contribution in [2.45, 2.75) is 38.9 Å². The van der Waals surface area contributed by atoms with Gasteiger partial charge in [-0.2, -0.15) is 0 Å². The number of furan rings is 1. The first-order valence-electron chi connectivity index (χ1n) is 11.3. The van der Waals surface area contributed by atoms with Gasteiger partial charge in [-0.15, -0.1) is 11.3 Å². The zero-order valence-corrected chi connectivity index (χ0v) is 22.3. The van der Waals surface area contributed by atoms with E-state index < -0.39 is 0 Å². The van der Waals surface area contributed by atoms with Gasteiger partial charge in [0.15, 0.2) is 5.16 Å². The normalized spacial score (nSPS) is 13.2. The highest BCUT2D eigenvalue weighted by molar-refractivity contribution is 7.99. The zero-order chi connectivity index (χ0) is 25.6. The summed E-state index contributed by atoms with van der Waals surface area (Å²) >= 11 is 8.65. The van der Waals surface area contributed by atoms with Crippen molar-refractivity contribution in [1.29, 1.82) is 0 Å². The van der Waals surface area contributed by atoms with Gasteiger partial charge in [-0.05, 0) is 49.6 Å². The van der Waals surface area contributed by atoms with Crippen LogP contribution in [0.5, 0.6) is 0 Å². The average Bonchev–Trinajstić information content (AvgIpc) is 3.42. The summed E-state index contributed by atoms with van der Waals surface area (Å²) in [4.78, 5) is 46.6. The van der Waals surface area contributed by atoms with Crippen LogP contribution in [-0.4, -0.2) is 38.6 Å². The maximum atomic E-state index is 13.8. The minimum Gasteiger partial charge on any atom is -0.445 e. The van der Waals surface area contributed by atoms with Crippen LogP contribution >= 0.6 is 34.7 Å². The van der Waals surface area contributed by atoms with Crippen molar-refractivity contribution in [3.05, 3.63) is 67.5 Å². The number of hydrogen-bond donors (Lipinski definition) is 1. The lowest BCUT2D eigenvalue weighted by atomic mass is 10.1. The predicted octanol–water partition coefficient (Wildman–Crippen LogP) is 4.95. The average molecular weight is 543 g/mol. The SMILES string of the molecule is CC(=O)N1CCc2c(sc3nc(SCC(=O)Nc4cc(Cl)ccc4C)n(-c4ccc(C)o4)c(=O)c23)C1. The van der Waals surface area contributed by atoms with Crippen molar-refractivity contribution in [3.63, 3.8) is 0 Å². The topological polar surface area (TPSA) is 97.4 Å². The summed E-state index contributed by atoms with van der Waals surface area (Å²) in [5.74, 6) is 0.802. The lowest BCUT2D eigenvalue weighted by Gasteiger charge is -2.25. The summed E-state index contributed by atoms with van der Waals surface area (Å²) in [5.41, 5.74) is 2.23. The number of amides is 2. The number of halogens is 1. The number of nitrogens with zero attached hydrogens (tertiary/aromatic N) is 3. The van der Waals surface area contributed by atoms with Gasteiger partial charge in [-0.25, -0.2) is 9.55 Å². The lowest BCUT2D eigenvalue weighted by molar-refractivity contribution is -0.129. The molecule has 0 unspecified atom stereocenters. The fraction of sp³-hybridized carbons (Fsp3) is 0.280. The molecule has 0 aliphatic carbocycles. The summed E-state index contributed by atoms with van der Waals surface area (Å²) in [6.07, 6.45) is 0.594. The Hall–Kier alpha value is -3.08. The van der Waals surface area contributed by atoms with Crippen molar-refractivity contribution in [1.82, 2.24) is 14.5 Å². The monoisotopic (exact) mass is 542 g/mol. The first kappa shape index (κ1) is 24.6. The van der Waals surface area contributed by atoms with Crippen LogP contribution in [0.3, 0.4) is 0 Å². The van der Waals surface area contributed by atoms with E-state index in [9.17, 15) is 14.4 Å². The molecule has 3 aromatic heterocycles. The molecule has 4 aromatic rings. The molecule has 186 valence electrons. The summed E-state index contributed by atoms with van der Waals surface area (Å²) in [6, 6.07) is 8.80. The molecule has 0 atom stereocenters. The van der Waals surface area contributed by atoms with Crippen LogP contribution in [-0.2, 0) is 22.6 Å². The number of fused-ring (bicyclic) bond motifs is 3. The van der Waals surface area contributed by atoms with Gasteiger partial charge in [0.2, 0.25) is 17.7 Å². The Kier molecular flexibility index (Phi) is 6.67. The first-order valence-corrected chi connectivity index (χ1v) is 13.5. The van der Waals surface area contributed by atoms with Gasteiger partial charge in [0.25, 0.3) is 5.56 Å². The van der Waals surface area contributed by atoms with E-state index in [0.717, 1.165) is 27.8 Å². The molecule has 2 amide bonds. The second kappa shape index (κ2) is 9.76. The number of carbonyl (C=O) groups is 2.